The highest BCUT2D eigenvalue weighted by Gasteiger charge is 2.11. The fraction of sp³-hybridized carbons (Fsp3) is 0.0909. The lowest BCUT2D eigenvalue weighted by molar-refractivity contribution is -0.112. The second kappa shape index (κ2) is 9.11. The van der Waals surface area contributed by atoms with E-state index in [2.05, 4.69) is 5.32 Å². The van der Waals surface area contributed by atoms with Crippen molar-refractivity contribution in [3.05, 3.63) is 81.2 Å². The molecule has 0 bridgehead atoms. The maximum absolute atomic E-state index is 12.5. The number of hydrogen-bond acceptors (Lipinski definition) is 4. The SMILES string of the molecule is Cc1ccc(NC(=O)/C(C#N)=C\c2ccc(Sc3ccc(Cl)cc3)s2)cc1C. The van der Waals surface area contributed by atoms with Gasteiger partial charge in [-0.1, -0.05) is 29.4 Å². The number of carbonyl (C=O) groups is 1. The number of benzene rings is 2. The topological polar surface area (TPSA) is 52.9 Å². The molecule has 0 unspecified atom stereocenters. The van der Waals surface area contributed by atoms with Gasteiger partial charge in [0.25, 0.3) is 5.91 Å². The highest BCUT2D eigenvalue weighted by atomic mass is 35.5. The standard InChI is InChI=1S/C22H17ClN2OS2/c1-14-3-6-18(11-15(14)2)25-22(26)16(13-24)12-20-9-10-21(28-20)27-19-7-4-17(23)5-8-19/h3-12H,1-2H3,(H,25,26)/b16-12-. The summed E-state index contributed by atoms with van der Waals surface area (Å²) in [4.78, 5) is 14.4. The molecule has 2 aromatic carbocycles. The Morgan fingerprint density at radius 2 is 1.86 bits per heavy atom. The molecule has 28 heavy (non-hydrogen) atoms. The van der Waals surface area contributed by atoms with Crippen molar-refractivity contribution >= 4 is 52.4 Å². The molecule has 1 N–H and O–H groups in total. The Hall–Kier alpha value is -2.52. The van der Waals surface area contributed by atoms with Crippen molar-refractivity contribution in [3.8, 4) is 6.07 Å². The Kier molecular flexibility index (Phi) is 6.58. The maximum atomic E-state index is 12.5. The van der Waals surface area contributed by atoms with Gasteiger partial charge in [-0.3, -0.25) is 4.79 Å². The van der Waals surface area contributed by atoms with Crippen molar-refractivity contribution in [1.82, 2.24) is 0 Å². The minimum Gasteiger partial charge on any atom is -0.321 e. The van der Waals surface area contributed by atoms with Crippen LogP contribution in [0.3, 0.4) is 0 Å². The molecule has 0 radical (unpaired) electrons. The van der Waals surface area contributed by atoms with Gasteiger partial charge in [0.05, 0.1) is 4.21 Å². The Bertz CT molecular complexity index is 1080. The largest absolute Gasteiger partial charge is 0.321 e. The molecule has 0 aliphatic rings. The van der Waals surface area contributed by atoms with E-state index in [1.54, 1.807) is 17.8 Å². The fourth-order valence-electron chi connectivity index (χ4n) is 2.39. The molecule has 6 heteroatoms. The van der Waals surface area contributed by atoms with Crippen LogP contribution < -0.4 is 5.32 Å². The van der Waals surface area contributed by atoms with Gasteiger partial charge in [-0.15, -0.1) is 11.3 Å². The highest BCUT2D eigenvalue weighted by Crippen LogP contribution is 2.34. The summed E-state index contributed by atoms with van der Waals surface area (Å²) in [6.07, 6.45) is 1.62. The lowest BCUT2D eigenvalue weighted by Crippen LogP contribution is -2.13. The van der Waals surface area contributed by atoms with E-state index in [1.165, 1.54) is 11.3 Å². The van der Waals surface area contributed by atoms with Crippen LogP contribution >= 0.6 is 34.7 Å². The highest BCUT2D eigenvalue weighted by molar-refractivity contribution is 8.01. The van der Waals surface area contributed by atoms with E-state index in [0.29, 0.717) is 10.7 Å². The van der Waals surface area contributed by atoms with Crippen LogP contribution in [0.2, 0.25) is 5.02 Å². The third-order valence-corrected chi connectivity index (χ3v) is 6.47. The van der Waals surface area contributed by atoms with Gasteiger partial charge in [0, 0.05) is 20.5 Å². The summed E-state index contributed by atoms with van der Waals surface area (Å²) >= 11 is 9.05. The number of thiophene rings is 1. The summed E-state index contributed by atoms with van der Waals surface area (Å²) in [5.41, 5.74) is 2.99. The second-order valence-corrected chi connectivity index (χ2v) is 9.06. The molecule has 1 amide bonds. The van der Waals surface area contributed by atoms with Crippen LogP contribution in [-0.2, 0) is 4.79 Å². The quantitative estimate of drug-likeness (QED) is 0.365. The van der Waals surface area contributed by atoms with Crippen LogP contribution in [0, 0.1) is 25.2 Å². The second-order valence-electron chi connectivity index (χ2n) is 6.14. The van der Waals surface area contributed by atoms with Crippen LogP contribution in [0.25, 0.3) is 6.08 Å². The van der Waals surface area contributed by atoms with E-state index in [1.807, 2.05) is 74.5 Å². The summed E-state index contributed by atoms with van der Waals surface area (Å²) in [5.74, 6) is -0.411. The average Bonchev–Trinajstić information content (AvgIpc) is 3.11. The Labute approximate surface area is 177 Å². The van der Waals surface area contributed by atoms with Gasteiger partial charge in [-0.05, 0) is 79.6 Å². The Balaban J connectivity index is 1.72. The number of anilines is 1. The first-order chi connectivity index (χ1) is 13.4. The molecule has 1 heterocycles. The third kappa shape index (κ3) is 5.26. The predicted octanol–water partition coefficient (Wildman–Crippen LogP) is 6.72. The molecular formula is C22H17ClN2OS2. The first-order valence-corrected chi connectivity index (χ1v) is 10.5. The van der Waals surface area contributed by atoms with Crippen molar-refractivity contribution in [2.75, 3.05) is 5.32 Å². The zero-order valence-electron chi connectivity index (χ0n) is 15.3. The lowest BCUT2D eigenvalue weighted by atomic mass is 10.1. The van der Waals surface area contributed by atoms with E-state index in [4.69, 9.17) is 11.6 Å². The number of halogens is 1. The van der Waals surface area contributed by atoms with Crippen molar-refractivity contribution in [3.63, 3.8) is 0 Å². The number of hydrogen-bond donors (Lipinski definition) is 1. The first-order valence-electron chi connectivity index (χ1n) is 8.48. The monoisotopic (exact) mass is 424 g/mol. The lowest BCUT2D eigenvalue weighted by Gasteiger charge is -2.06. The van der Waals surface area contributed by atoms with E-state index < -0.39 is 5.91 Å². The van der Waals surface area contributed by atoms with Gasteiger partial charge < -0.3 is 5.32 Å². The van der Waals surface area contributed by atoms with Crippen LogP contribution in [0.5, 0.6) is 0 Å². The number of aryl methyl sites for hydroxylation is 2. The van der Waals surface area contributed by atoms with Gasteiger partial charge in [0.15, 0.2) is 0 Å². The van der Waals surface area contributed by atoms with Gasteiger partial charge in [0.1, 0.15) is 11.6 Å². The van der Waals surface area contributed by atoms with E-state index >= 15 is 0 Å². The number of rotatable bonds is 5. The van der Waals surface area contributed by atoms with E-state index in [-0.39, 0.29) is 5.57 Å². The maximum Gasteiger partial charge on any atom is 0.266 e. The predicted molar refractivity (Wildman–Crippen MR) is 118 cm³/mol. The number of nitriles is 1. The van der Waals surface area contributed by atoms with Gasteiger partial charge >= 0.3 is 0 Å². The molecule has 0 fully saturated rings. The number of carbonyl (C=O) groups excluding carboxylic acids is 1. The molecule has 0 aliphatic heterocycles. The van der Waals surface area contributed by atoms with Crippen LogP contribution in [0.1, 0.15) is 16.0 Å². The molecular weight excluding hydrogens is 408 g/mol. The van der Waals surface area contributed by atoms with Crippen molar-refractivity contribution < 1.29 is 4.79 Å². The smallest absolute Gasteiger partial charge is 0.266 e. The molecule has 0 atom stereocenters. The van der Waals surface area contributed by atoms with Crippen molar-refractivity contribution in [2.24, 2.45) is 0 Å². The van der Waals surface area contributed by atoms with Gasteiger partial charge in [-0.2, -0.15) is 5.26 Å². The molecule has 0 aliphatic carbocycles. The summed E-state index contributed by atoms with van der Waals surface area (Å²) in [6, 6.07) is 19.2. The molecule has 140 valence electrons. The van der Waals surface area contributed by atoms with Gasteiger partial charge in [-0.25, -0.2) is 0 Å². The minimum absolute atomic E-state index is 0.0723. The molecule has 3 aromatic rings. The molecule has 3 rings (SSSR count). The Morgan fingerprint density at radius 3 is 2.54 bits per heavy atom. The molecule has 3 nitrogen and oxygen atoms in total. The third-order valence-electron chi connectivity index (χ3n) is 4.05. The molecule has 0 saturated heterocycles. The van der Waals surface area contributed by atoms with E-state index in [9.17, 15) is 10.1 Å². The average molecular weight is 425 g/mol. The zero-order chi connectivity index (χ0) is 20.1. The van der Waals surface area contributed by atoms with E-state index in [0.717, 1.165) is 25.1 Å². The van der Waals surface area contributed by atoms with Crippen molar-refractivity contribution in [2.45, 2.75) is 23.0 Å². The van der Waals surface area contributed by atoms with Gasteiger partial charge in [0.2, 0.25) is 0 Å². The molecule has 0 spiro atoms. The fourth-order valence-corrected chi connectivity index (χ4v) is 4.59. The molecule has 0 saturated carbocycles. The number of nitrogens with one attached hydrogen (secondary N) is 1. The summed E-state index contributed by atoms with van der Waals surface area (Å²) in [7, 11) is 0. The number of nitrogens with zero attached hydrogens (tertiary/aromatic N) is 1. The first kappa shape index (κ1) is 20.2. The Morgan fingerprint density at radius 1 is 1.11 bits per heavy atom. The minimum atomic E-state index is -0.411. The molecule has 1 aromatic heterocycles. The van der Waals surface area contributed by atoms with Crippen molar-refractivity contribution in [1.29, 1.82) is 5.26 Å². The summed E-state index contributed by atoms with van der Waals surface area (Å²) in [5, 5.41) is 12.9. The van der Waals surface area contributed by atoms with Crippen LogP contribution in [-0.4, -0.2) is 5.91 Å². The zero-order valence-corrected chi connectivity index (χ0v) is 17.7. The normalized spacial score (nSPS) is 11.1. The van der Waals surface area contributed by atoms with Crippen LogP contribution in [0.4, 0.5) is 5.69 Å². The van der Waals surface area contributed by atoms with Crippen LogP contribution in [0.15, 0.2) is 69.3 Å². The summed E-state index contributed by atoms with van der Waals surface area (Å²) in [6.45, 7) is 4.00. The number of amides is 1. The summed E-state index contributed by atoms with van der Waals surface area (Å²) < 4.78 is 1.07.